The summed E-state index contributed by atoms with van der Waals surface area (Å²) >= 11 is 0. The Kier molecular flexibility index (Phi) is 7.82. The number of esters is 1. The van der Waals surface area contributed by atoms with Crippen LogP contribution in [0.3, 0.4) is 0 Å². The van der Waals surface area contributed by atoms with E-state index in [1.54, 1.807) is 24.3 Å². The molecule has 30 heavy (non-hydrogen) atoms. The van der Waals surface area contributed by atoms with Crippen LogP contribution in [0.1, 0.15) is 30.6 Å². The molecule has 2 aromatic carbocycles. The van der Waals surface area contributed by atoms with Gasteiger partial charge in [-0.2, -0.15) is 0 Å². The highest BCUT2D eigenvalue weighted by Crippen LogP contribution is 2.20. The van der Waals surface area contributed by atoms with Crippen LogP contribution in [-0.4, -0.2) is 40.6 Å². The minimum Gasteiger partial charge on any atom is -0.497 e. The van der Waals surface area contributed by atoms with Crippen LogP contribution >= 0.6 is 0 Å². The molecule has 0 radical (unpaired) electrons. The lowest BCUT2D eigenvalue weighted by Crippen LogP contribution is -2.42. The summed E-state index contributed by atoms with van der Waals surface area (Å²) in [5, 5.41) is 2.61. The molecule has 2 rings (SSSR count). The van der Waals surface area contributed by atoms with Gasteiger partial charge in [-0.3, -0.25) is 9.52 Å². The molecule has 0 saturated heterocycles. The van der Waals surface area contributed by atoms with Crippen molar-refractivity contribution in [2.75, 3.05) is 18.9 Å². The SMILES string of the molecule is COC(=O)C(CC(C)C)NC(=O)c1cccc(S(=O)(=O)Nc2ccc(OC)cc2)c1. The molecular weight excluding hydrogens is 408 g/mol. The lowest BCUT2D eigenvalue weighted by molar-refractivity contribution is -0.143. The molecule has 0 spiro atoms. The van der Waals surface area contributed by atoms with Crippen LogP contribution in [-0.2, 0) is 19.6 Å². The predicted octanol–water partition coefficient (Wildman–Crippen LogP) is 2.81. The van der Waals surface area contributed by atoms with E-state index >= 15 is 0 Å². The molecule has 9 heteroatoms. The summed E-state index contributed by atoms with van der Waals surface area (Å²) in [5.41, 5.74) is 0.471. The number of nitrogens with one attached hydrogen (secondary N) is 2. The standard InChI is InChI=1S/C21H26N2O6S/c1-14(2)12-19(21(25)29-4)22-20(24)15-6-5-7-18(13-15)30(26,27)23-16-8-10-17(28-3)11-9-16/h5-11,13-14,19,23H,12H2,1-4H3,(H,22,24). The van der Waals surface area contributed by atoms with Crippen molar-refractivity contribution in [3.63, 3.8) is 0 Å². The molecule has 0 aliphatic rings. The van der Waals surface area contributed by atoms with E-state index in [0.29, 0.717) is 17.9 Å². The summed E-state index contributed by atoms with van der Waals surface area (Å²) in [4.78, 5) is 24.5. The fourth-order valence-electron chi connectivity index (χ4n) is 2.75. The molecule has 0 aliphatic heterocycles. The van der Waals surface area contributed by atoms with Gasteiger partial charge in [0.25, 0.3) is 15.9 Å². The number of benzene rings is 2. The third-order valence-corrected chi connectivity index (χ3v) is 5.63. The van der Waals surface area contributed by atoms with E-state index in [1.165, 1.54) is 38.5 Å². The molecule has 1 amide bonds. The van der Waals surface area contributed by atoms with Gasteiger partial charge in [-0.05, 0) is 54.8 Å². The summed E-state index contributed by atoms with van der Waals surface area (Å²) in [6, 6.07) is 11.2. The number of methoxy groups -OCH3 is 2. The monoisotopic (exact) mass is 434 g/mol. The van der Waals surface area contributed by atoms with E-state index in [1.807, 2.05) is 13.8 Å². The van der Waals surface area contributed by atoms with Crippen molar-refractivity contribution in [3.05, 3.63) is 54.1 Å². The van der Waals surface area contributed by atoms with Crippen molar-refractivity contribution in [1.29, 1.82) is 0 Å². The van der Waals surface area contributed by atoms with Gasteiger partial charge in [0.05, 0.1) is 19.1 Å². The normalized spacial score (nSPS) is 12.2. The summed E-state index contributed by atoms with van der Waals surface area (Å²) in [6.07, 6.45) is 0.398. The molecule has 0 bridgehead atoms. The number of sulfonamides is 1. The second-order valence-corrected chi connectivity index (χ2v) is 8.72. The Balaban J connectivity index is 2.20. The smallest absolute Gasteiger partial charge is 0.328 e. The minimum atomic E-state index is -3.92. The highest BCUT2D eigenvalue weighted by atomic mass is 32.2. The van der Waals surface area contributed by atoms with Crippen LogP contribution < -0.4 is 14.8 Å². The fraction of sp³-hybridized carbons (Fsp3) is 0.333. The van der Waals surface area contributed by atoms with Gasteiger partial charge in [0.15, 0.2) is 0 Å². The first-order chi connectivity index (χ1) is 14.2. The lowest BCUT2D eigenvalue weighted by Gasteiger charge is -2.18. The Bertz CT molecular complexity index is 987. The minimum absolute atomic E-state index is 0.0792. The number of rotatable bonds is 9. The maximum Gasteiger partial charge on any atom is 0.328 e. The van der Waals surface area contributed by atoms with Gasteiger partial charge in [-0.25, -0.2) is 13.2 Å². The van der Waals surface area contributed by atoms with Gasteiger partial charge < -0.3 is 14.8 Å². The topological polar surface area (TPSA) is 111 Å². The van der Waals surface area contributed by atoms with Crippen LogP contribution in [0.15, 0.2) is 53.4 Å². The molecule has 0 aliphatic carbocycles. The number of carbonyl (C=O) groups is 2. The third-order valence-electron chi connectivity index (χ3n) is 4.25. The van der Waals surface area contributed by atoms with Crippen molar-refractivity contribution in [3.8, 4) is 5.75 Å². The summed E-state index contributed by atoms with van der Waals surface area (Å²) in [5.74, 6) is -0.373. The zero-order chi connectivity index (χ0) is 22.3. The van der Waals surface area contributed by atoms with Gasteiger partial charge in [-0.15, -0.1) is 0 Å². The number of hydrogen-bond donors (Lipinski definition) is 2. The zero-order valence-electron chi connectivity index (χ0n) is 17.3. The summed E-state index contributed by atoms with van der Waals surface area (Å²) < 4.78 is 37.7. The maximum absolute atomic E-state index is 12.7. The molecule has 2 N–H and O–H groups in total. The average molecular weight is 435 g/mol. The Labute approximate surface area is 176 Å². The molecule has 0 fully saturated rings. The van der Waals surface area contributed by atoms with Crippen molar-refractivity contribution in [1.82, 2.24) is 5.32 Å². The van der Waals surface area contributed by atoms with Crippen LogP contribution in [0.4, 0.5) is 5.69 Å². The Morgan fingerprint density at radius 1 is 1.03 bits per heavy atom. The molecular formula is C21H26N2O6S. The second-order valence-electron chi connectivity index (χ2n) is 7.04. The van der Waals surface area contributed by atoms with Crippen molar-refractivity contribution in [2.24, 2.45) is 5.92 Å². The molecule has 8 nitrogen and oxygen atoms in total. The van der Waals surface area contributed by atoms with Crippen molar-refractivity contribution >= 4 is 27.6 Å². The summed E-state index contributed by atoms with van der Waals surface area (Å²) in [7, 11) is -1.15. The van der Waals surface area contributed by atoms with Gasteiger partial charge in [0.1, 0.15) is 11.8 Å². The van der Waals surface area contributed by atoms with Crippen molar-refractivity contribution < 1.29 is 27.5 Å². The number of carbonyl (C=O) groups excluding carboxylic acids is 2. The molecule has 0 heterocycles. The first-order valence-electron chi connectivity index (χ1n) is 9.32. The van der Waals surface area contributed by atoms with Crippen LogP contribution in [0.5, 0.6) is 5.75 Å². The Hall–Kier alpha value is -3.07. The van der Waals surface area contributed by atoms with E-state index in [-0.39, 0.29) is 16.4 Å². The van der Waals surface area contributed by atoms with Crippen LogP contribution in [0.25, 0.3) is 0 Å². The second kappa shape index (κ2) is 10.1. The maximum atomic E-state index is 12.7. The third kappa shape index (κ3) is 6.21. The van der Waals surface area contributed by atoms with E-state index in [4.69, 9.17) is 9.47 Å². The first kappa shape index (κ1) is 23.2. The first-order valence-corrected chi connectivity index (χ1v) is 10.8. The summed E-state index contributed by atoms with van der Waals surface area (Å²) in [6.45, 7) is 3.83. The molecule has 0 saturated carbocycles. The molecule has 0 aromatic heterocycles. The Morgan fingerprint density at radius 2 is 1.70 bits per heavy atom. The molecule has 1 atom stereocenters. The quantitative estimate of drug-likeness (QED) is 0.587. The lowest BCUT2D eigenvalue weighted by atomic mass is 10.0. The van der Waals surface area contributed by atoms with Crippen LogP contribution in [0.2, 0.25) is 0 Å². The highest BCUT2D eigenvalue weighted by molar-refractivity contribution is 7.92. The predicted molar refractivity (Wildman–Crippen MR) is 113 cm³/mol. The zero-order valence-corrected chi connectivity index (χ0v) is 18.2. The largest absolute Gasteiger partial charge is 0.497 e. The van der Waals surface area contributed by atoms with Gasteiger partial charge in [0, 0.05) is 11.3 Å². The van der Waals surface area contributed by atoms with E-state index in [2.05, 4.69) is 10.0 Å². The highest BCUT2D eigenvalue weighted by Gasteiger charge is 2.24. The van der Waals surface area contributed by atoms with E-state index in [0.717, 1.165) is 0 Å². The number of amides is 1. The van der Waals surface area contributed by atoms with Gasteiger partial charge >= 0.3 is 5.97 Å². The Morgan fingerprint density at radius 3 is 2.27 bits per heavy atom. The average Bonchev–Trinajstić information content (AvgIpc) is 2.72. The van der Waals surface area contributed by atoms with E-state index in [9.17, 15) is 18.0 Å². The van der Waals surface area contributed by atoms with Crippen molar-refractivity contribution in [2.45, 2.75) is 31.2 Å². The number of ether oxygens (including phenoxy) is 2. The fourth-order valence-corrected chi connectivity index (χ4v) is 3.85. The molecule has 162 valence electrons. The van der Waals surface area contributed by atoms with Gasteiger partial charge in [-0.1, -0.05) is 19.9 Å². The van der Waals surface area contributed by atoms with Crippen LogP contribution in [0, 0.1) is 5.92 Å². The molecule has 1 unspecified atom stereocenters. The van der Waals surface area contributed by atoms with Gasteiger partial charge in [0.2, 0.25) is 0 Å². The molecule has 2 aromatic rings. The number of anilines is 1. The number of hydrogen-bond acceptors (Lipinski definition) is 6. The van der Waals surface area contributed by atoms with E-state index < -0.39 is 27.9 Å².